The second-order valence-electron chi connectivity index (χ2n) is 6.22. The highest BCUT2D eigenvalue weighted by molar-refractivity contribution is 5.94. The highest BCUT2D eigenvalue weighted by atomic mass is 16.5. The summed E-state index contributed by atoms with van der Waals surface area (Å²) in [5.74, 6) is -0.748. The number of urea groups is 1. The van der Waals surface area contributed by atoms with Gasteiger partial charge in [-0.15, -0.1) is 0 Å². The highest BCUT2D eigenvalue weighted by Crippen LogP contribution is 2.14. The van der Waals surface area contributed by atoms with Crippen molar-refractivity contribution < 1.29 is 24.0 Å². The van der Waals surface area contributed by atoms with Gasteiger partial charge in [0.1, 0.15) is 6.54 Å². The number of carbonyl (C=O) groups excluding carboxylic acids is 3. The zero-order valence-electron chi connectivity index (χ0n) is 14.8. The minimum Gasteiger partial charge on any atom is -0.465 e. The molecule has 0 spiro atoms. The normalized spacial score (nSPS) is 18.8. The smallest absolute Gasteiger partial charge is 0.365 e. The summed E-state index contributed by atoms with van der Waals surface area (Å²) in [7, 11) is 1.35. The van der Waals surface area contributed by atoms with Gasteiger partial charge in [0.15, 0.2) is 12.6 Å². The third kappa shape index (κ3) is 5.29. The van der Waals surface area contributed by atoms with E-state index in [2.05, 4.69) is 10.6 Å². The number of imide groups is 1. The molecule has 1 aliphatic heterocycles. The lowest BCUT2D eigenvalue weighted by Gasteiger charge is -2.31. The van der Waals surface area contributed by atoms with Gasteiger partial charge < -0.3 is 15.0 Å². The average Bonchev–Trinajstić information content (AvgIpc) is 2.60. The SMILES string of the molecule is CCCCNC(=O)NC(=O)C[NH+]1Cc2ccccc2C[C@H]1C(=O)OC. The number of ether oxygens (including phenoxy) is 1. The molecule has 1 heterocycles. The van der Waals surface area contributed by atoms with E-state index >= 15 is 0 Å². The lowest BCUT2D eigenvalue weighted by atomic mass is 9.94. The minimum absolute atomic E-state index is 0.0370. The first-order chi connectivity index (χ1) is 12.0. The summed E-state index contributed by atoms with van der Waals surface area (Å²) in [6.07, 6.45) is 2.35. The van der Waals surface area contributed by atoms with Gasteiger partial charge in [0.25, 0.3) is 5.91 Å². The molecule has 1 unspecified atom stereocenters. The molecule has 0 saturated carbocycles. The topological polar surface area (TPSA) is 88.9 Å². The molecule has 2 atom stereocenters. The maximum absolute atomic E-state index is 12.2. The summed E-state index contributed by atoms with van der Waals surface area (Å²) in [6, 6.07) is 6.92. The Morgan fingerprint density at radius 2 is 1.96 bits per heavy atom. The van der Waals surface area contributed by atoms with Crippen LogP contribution in [0.25, 0.3) is 0 Å². The van der Waals surface area contributed by atoms with Gasteiger partial charge in [-0.3, -0.25) is 10.1 Å². The number of quaternary nitrogens is 1. The number of unbranched alkanes of at least 4 members (excludes halogenated alkanes) is 1. The molecule has 7 heteroatoms. The molecule has 1 aromatic rings. The maximum Gasteiger partial charge on any atom is 0.365 e. The van der Waals surface area contributed by atoms with Crippen molar-refractivity contribution in [2.24, 2.45) is 0 Å². The van der Waals surface area contributed by atoms with E-state index in [1.165, 1.54) is 7.11 Å². The molecule has 0 radical (unpaired) electrons. The summed E-state index contributed by atoms with van der Waals surface area (Å²) < 4.78 is 4.89. The number of nitrogens with one attached hydrogen (secondary N) is 3. The Bertz CT molecular complexity index is 633. The number of rotatable bonds is 6. The van der Waals surface area contributed by atoms with Crippen molar-refractivity contribution in [1.82, 2.24) is 10.6 Å². The molecule has 7 nitrogen and oxygen atoms in total. The molecular weight excluding hydrogens is 322 g/mol. The van der Waals surface area contributed by atoms with Crippen molar-refractivity contribution in [3.05, 3.63) is 35.4 Å². The monoisotopic (exact) mass is 348 g/mol. The van der Waals surface area contributed by atoms with Gasteiger partial charge in [-0.1, -0.05) is 37.6 Å². The molecule has 0 aliphatic carbocycles. The first kappa shape index (κ1) is 18.9. The number of carbonyl (C=O) groups is 3. The maximum atomic E-state index is 12.2. The van der Waals surface area contributed by atoms with Crippen LogP contribution in [0.4, 0.5) is 4.79 Å². The van der Waals surface area contributed by atoms with Gasteiger partial charge in [0.05, 0.1) is 7.11 Å². The summed E-state index contributed by atoms with van der Waals surface area (Å²) in [6.45, 7) is 3.13. The van der Waals surface area contributed by atoms with Gasteiger partial charge in [-0.25, -0.2) is 9.59 Å². The van der Waals surface area contributed by atoms with Crippen LogP contribution in [0.5, 0.6) is 0 Å². The Kier molecular flexibility index (Phi) is 6.94. The molecule has 3 amide bonds. The lowest BCUT2D eigenvalue weighted by Crippen LogP contribution is -3.17. The number of amides is 3. The van der Waals surface area contributed by atoms with E-state index in [9.17, 15) is 14.4 Å². The molecule has 0 aromatic heterocycles. The third-order valence-corrected chi connectivity index (χ3v) is 4.39. The summed E-state index contributed by atoms with van der Waals surface area (Å²) in [5, 5.41) is 4.97. The van der Waals surface area contributed by atoms with Gasteiger partial charge in [-0.05, 0) is 12.0 Å². The highest BCUT2D eigenvalue weighted by Gasteiger charge is 2.37. The summed E-state index contributed by atoms with van der Waals surface area (Å²) in [4.78, 5) is 36.8. The van der Waals surface area contributed by atoms with Crippen molar-refractivity contribution in [2.45, 2.75) is 38.8 Å². The van der Waals surface area contributed by atoms with E-state index < -0.39 is 18.0 Å². The van der Waals surface area contributed by atoms with Crippen LogP contribution in [0.1, 0.15) is 30.9 Å². The Morgan fingerprint density at radius 1 is 1.24 bits per heavy atom. The van der Waals surface area contributed by atoms with Gasteiger partial charge in [0, 0.05) is 18.5 Å². The fourth-order valence-electron chi connectivity index (χ4n) is 3.04. The number of fused-ring (bicyclic) bond motifs is 1. The molecule has 1 aromatic carbocycles. The van der Waals surface area contributed by atoms with E-state index in [1.807, 2.05) is 31.2 Å². The van der Waals surface area contributed by atoms with Crippen LogP contribution in [-0.2, 0) is 27.3 Å². The molecule has 0 bridgehead atoms. The first-order valence-corrected chi connectivity index (χ1v) is 8.62. The largest absolute Gasteiger partial charge is 0.465 e. The summed E-state index contributed by atoms with van der Waals surface area (Å²) in [5.41, 5.74) is 2.21. The lowest BCUT2D eigenvalue weighted by molar-refractivity contribution is -0.924. The molecule has 3 N–H and O–H groups in total. The number of benzene rings is 1. The van der Waals surface area contributed by atoms with Crippen LogP contribution < -0.4 is 15.5 Å². The van der Waals surface area contributed by atoms with Crippen LogP contribution in [-0.4, -0.2) is 44.1 Å². The Balaban J connectivity index is 1.99. The van der Waals surface area contributed by atoms with Gasteiger partial charge in [0.2, 0.25) is 0 Å². The predicted octanol–water partition coefficient (Wildman–Crippen LogP) is -0.205. The molecule has 0 saturated heterocycles. The molecule has 136 valence electrons. The second-order valence-corrected chi connectivity index (χ2v) is 6.22. The van der Waals surface area contributed by atoms with Crippen molar-refractivity contribution in [3.8, 4) is 0 Å². The standard InChI is InChI=1S/C18H25N3O4/c1-3-4-9-19-18(24)20-16(22)12-21-11-14-8-6-5-7-13(14)10-15(21)17(23)25-2/h5-8,15H,3-4,9-12H2,1-2H3,(H2,19,20,22,24)/p+1/t15-/m0/s1. The number of hydrogen-bond acceptors (Lipinski definition) is 4. The Hall–Kier alpha value is -2.41. The quantitative estimate of drug-likeness (QED) is 0.490. The first-order valence-electron chi connectivity index (χ1n) is 8.62. The Morgan fingerprint density at radius 3 is 2.64 bits per heavy atom. The zero-order chi connectivity index (χ0) is 18.2. The Labute approximate surface area is 147 Å². The van der Waals surface area contributed by atoms with Crippen LogP contribution in [0.2, 0.25) is 0 Å². The van der Waals surface area contributed by atoms with Crippen LogP contribution in [0.3, 0.4) is 0 Å². The van der Waals surface area contributed by atoms with Crippen molar-refractivity contribution in [3.63, 3.8) is 0 Å². The van der Waals surface area contributed by atoms with E-state index in [4.69, 9.17) is 4.74 Å². The molecule has 25 heavy (non-hydrogen) atoms. The van der Waals surface area contributed by atoms with E-state index in [0.29, 0.717) is 19.5 Å². The molecular formula is C18H26N3O4+. The average molecular weight is 348 g/mol. The van der Waals surface area contributed by atoms with Gasteiger partial charge in [-0.2, -0.15) is 0 Å². The molecule has 1 aliphatic rings. The van der Waals surface area contributed by atoms with Crippen LogP contribution >= 0.6 is 0 Å². The third-order valence-electron chi connectivity index (χ3n) is 4.39. The number of esters is 1. The number of methoxy groups -OCH3 is 1. The van der Waals surface area contributed by atoms with E-state index in [0.717, 1.165) is 28.9 Å². The van der Waals surface area contributed by atoms with Crippen molar-refractivity contribution in [1.29, 1.82) is 0 Å². The predicted molar refractivity (Wildman–Crippen MR) is 91.9 cm³/mol. The number of hydrogen-bond donors (Lipinski definition) is 3. The minimum atomic E-state index is -0.495. The summed E-state index contributed by atoms with van der Waals surface area (Å²) >= 11 is 0. The van der Waals surface area contributed by atoms with E-state index in [1.54, 1.807) is 0 Å². The van der Waals surface area contributed by atoms with Crippen molar-refractivity contribution in [2.75, 3.05) is 20.2 Å². The zero-order valence-corrected chi connectivity index (χ0v) is 14.8. The van der Waals surface area contributed by atoms with E-state index in [-0.39, 0.29) is 12.5 Å². The van der Waals surface area contributed by atoms with Crippen molar-refractivity contribution >= 4 is 17.9 Å². The van der Waals surface area contributed by atoms with Crippen LogP contribution in [0, 0.1) is 0 Å². The van der Waals surface area contributed by atoms with Crippen LogP contribution in [0.15, 0.2) is 24.3 Å². The second kappa shape index (κ2) is 9.17. The van der Waals surface area contributed by atoms with Gasteiger partial charge >= 0.3 is 12.0 Å². The fraction of sp³-hybridized carbons (Fsp3) is 0.500. The molecule has 2 rings (SSSR count). The molecule has 0 fully saturated rings. The fourth-order valence-corrected chi connectivity index (χ4v) is 3.04.